The topological polar surface area (TPSA) is 62.7 Å². The van der Waals surface area contributed by atoms with Crippen LogP contribution in [0.5, 0.6) is 5.75 Å². The van der Waals surface area contributed by atoms with Crippen LogP contribution in [0.25, 0.3) is 0 Å². The van der Waals surface area contributed by atoms with Crippen LogP contribution in [-0.2, 0) is 22.7 Å². The van der Waals surface area contributed by atoms with Gasteiger partial charge in [-0.1, -0.05) is 48.5 Å². The zero-order chi connectivity index (χ0) is 21.6. The van der Waals surface area contributed by atoms with E-state index in [2.05, 4.69) is 4.98 Å². The first-order valence-corrected chi connectivity index (χ1v) is 10.3. The number of anilines is 1. The second-order valence-electron chi connectivity index (χ2n) is 7.62. The van der Waals surface area contributed by atoms with Crippen LogP contribution in [0.15, 0.2) is 79.0 Å². The molecule has 1 aromatic heterocycles. The predicted octanol–water partition coefficient (Wildman–Crippen LogP) is 3.67. The molecule has 158 valence electrons. The van der Waals surface area contributed by atoms with Crippen LogP contribution >= 0.6 is 0 Å². The third-order valence-corrected chi connectivity index (χ3v) is 5.47. The number of carbonyl (C=O) groups is 2. The Balaban J connectivity index is 1.52. The lowest BCUT2D eigenvalue weighted by Crippen LogP contribution is -2.37. The maximum atomic E-state index is 13.5. The fourth-order valence-corrected chi connectivity index (χ4v) is 3.81. The Kier molecular flexibility index (Phi) is 6.26. The van der Waals surface area contributed by atoms with Gasteiger partial charge in [0.15, 0.2) is 0 Å². The van der Waals surface area contributed by atoms with E-state index in [0.29, 0.717) is 25.5 Å². The van der Waals surface area contributed by atoms with Gasteiger partial charge in [0.1, 0.15) is 11.6 Å². The number of nitrogens with zero attached hydrogens (tertiary/aromatic N) is 3. The van der Waals surface area contributed by atoms with Crippen molar-refractivity contribution in [1.82, 2.24) is 9.88 Å². The molecule has 1 fully saturated rings. The highest BCUT2D eigenvalue weighted by atomic mass is 16.5. The van der Waals surface area contributed by atoms with Gasteiger partial charge in [-0.05, 0) is 35.4 Å². The Morgan fingerprint density at radius 3 is 2.45 bits per heavy atom. The first-order valence-electron chi connectivity index (χ1n) is 10.3. The Hall–Kier alpha value is -3.67. The van der Waals surface area contributed by atoms with Gasteiger partial charge in [0.2, 0.25) is 11.8 Å². The average molecular weight is 415 g/mol. The van der Waals surface area contributed by atoms with Crippen LogP contribution in [0, 0.1) is 5.92 Å². The van der Waals surface area contributed by atoms with E-state index in [1.165, 1.54) is 0 Å². The number of benzene rings is 2. The third kappa shape index (κ3) is 4.91. The van der Waals surface area contributed by atoms with Crippen LogP contribution in [0.4, 0.5) is 5.82 Å². The van der Waals surface area contributed by atoms with E-state index in [1.54, 1.807) is 23.1 Å². The third-order valence-electron chi connectivity index (χ3n) is 5.47. The molecule has 0 saturated carbocycles. The second-order valence-corrected chi connectivity index (χ2v) is 7.62. The molecule has 0 spiro atoms. The average Bonchev–Trinajstić information content (AvgIpc) is 3.18. The van der Waals surface area contributed by atoms with Crippen molar-refractivity contribution >= 4 is 17.6 Å². The van der Waals surface area contributed by atoms with Crippen molar-refractivity contribution in [2.45, 2.75) is 19.5 Å². The number of likely N-dealkylation sites (tertiary alicyclic amines) is 1. The van der Waals surface area contributed by atoms with Gasteiger partial charge in [0.25, 0.3) is 0 Å². The van der Waals surface area contributed by atoms with Gasteiger partial charge in [-0.2, -0.15) is 0 Å². The summed E-state index contributed by atoms with van der Waals surface area (Å²) in [6, 6.07) is 23.0. The predicted molar refractivity (Wildman–Crippen MR) is 118 cm³/mol. The lowest BCUT2D eigenvalue weighted by atomic mass is 10.1. The van der Waals surface area contributed by atoms with Gasteiger partial charge < -0.3 is 9.64 Å². The van der Waals surface area contributed by atoms with Crippen LogP contribution in [-0.4, -0.2) is 35.4 Å². The number of hydrogen-bond donors (Lipinski definition) is 0. The van der Waals surface area contributed by atoms with Crippen molar-refractivity contribution in [3.8, 4) is 5.75 Å². The molecule has 6 nitrogen and oxygen atoms in total. The lowest BCUT2D eigenvalue weighted by Gasteiger charge is -2.25. The molecule has 31 heavy (non-hydrogen) atoms. The molecule has 1 saturated heterocycles. The normalized spacial score (nSPS) is 15.7. The van der Waals surface area contributed by atoms with Gasteiger partial charge in [0.05, 0.1) is 19.6 Å². The smallest absolute Gasteiger partial charge is 0.233 e. The standard InChI is InChI=1S/C25H25N3O3/c1-31-22-12-10-20(11-13-22)17-28(23-9-5-6-14-26-23)25(30)21-15-24(29)27(18-21)16-19-7-3-2-4-8-19/h2-14,21H,15-18H2,1H3/t21-/m1/s1. The fourth-order valence-electron chi connectivity index (χ4n) is 3.81. The Bertz CT molecular complexity index is 1020. The molecular formula is C25H25N3O3. The number of methoxy groups -OCH3 is 1. The summed E-state index contributed by atoms with van der Waals surface area (Å²) < 4.78 is 5.22. The van der Waals surface area contributed by atoms with Gasteiger partial charge in [0, 0.05) is 25.7 Å². The zero-order valence-corrected chi connectivity index (χ0v) is 17.5. The minimum atomic E-state index is -0.392. The summed E-state index contributed by atoms with van der Waals surface area (Å²) in [5, 5.41) is 0. The molecule has 2 heterocycles. The molecule has 0 N–H and O–H groups in total. The van der Waals surface area contributed by atoms with Crippen molar-refractivity contribution in [2.75, 3.05) is 18.6 Å². The van der Waals surface area contributed by atoms with E-state index in [4.69, 9.17) is 4.74 Å². The Morgan fingerprint density at radius 2 is 1.77 bits per heavy atom. The first-order chi connectivity index (χ1) is 15.1. The summed E-state index contributed by atoms with van der Waals surface area (Å²) in [5.41, 5.74) is 2.02. The monoisotopic (exact) mass is 415 g/mol. The summed E-state index contributed by atoms with van der Waals surface area (Å²) in [5.74, 6) is 0.872. The van der Waals surface area contributed by atoms with Crippen molar-refractivity contribution in [3.63, 3.8) is 0 Å². The second kappa shape index (κ2) is 9.43. The number of amides is 2. The molecule has 3 aromatic rings. The molecule has 2 aromatic carbocycles. The SMILES string of the molecule is COc1ccc(CN(C(=O)[C@@H]2CC(=O)N(Cc3ccccc3)C2)c2ccccn2)cc1. The lowest BCUT2D eigenvalue weighted by molar-refractivity contribution is -0.128. The number of hydrogen-bond acceptors (Lipinski definition) is 4. The quantitative estimate of drug-likeness (QED) is 0.591. The molecule has 2 amide bonds. The van der Waals surface area contributed by atoms with Crippen molar-refractivity contribution < 1.29 is 14.3 Å². The fraction of sp³-hybridized carbons (Fsp3) is 0.240. The first kappa shape index (κ1) is 20.6. The molecule has 0 aliphatic carbocycles. The summed E-state index contributed by atoms with van der Waals surface area (Å²) in [4.78, 5) is 33.9. The van der Waals surface area contributed by atoms with Gasteiger partial charge in [-0.15, -0.1) is 0 Å². The number of rotatable bonds is 7. The molecular weight excluding hydrogens is 390 g/mol. The van der Waals surface area contributed by atoms with E-state index in [-0.39, 0.29) is 18.2 Å². The number of pyridine rings is 1. The van der Waals surface area contributed by atoms with Gasteiger partial charge in [-0.25, -0.2) is 4.98 Å². The minimum absolute atomic E-state index is 0.00706. The molecule has 1 aliphatic heterocycles. The number of carbonyl (C=O) groups excluding carboxylic acids is 2. The Labute approximate surface area is 182 Å². The highest BCUT2D eigenvalue weighted by Gasteiger charge is 2.37. The largest absolute Gasteiger partial charge is 0.497 e. The van der Waals surface area contributed by atoms with E-state index in [9.17, 15) is 9.59 Å². The molecule has 1 aliphatic rings. The van der Waals surface area contributed by atoms with E-state index < -0.39 is 5.92 Å². The number of ether oxygens (including phenoxy) is 1. The van der Waals surface area contributed by atoms with E-state index >= 15 is 0 Å². The highest BCUT2D eigenvalue weighted by molar-refractivity contribution is 5.98. The molecule has 0 unspecified atom stereocenters. The van der Waals surface area contributed by atoms with Crippen LogP contribution < -0.4 is 9.64 Å². The summed E-state index contributed by atoms with van der Waals surface area (Å²) >= 11 is 0. The summed E-state index contributed by atoms with van der Waals surface area (Å²) in [6.07, 6.45) is 1.89. The summed E-state index contributed by atoms with van der Waals surface area (Å²) in [7, 11) is 1.62. The molecule has 0 radical (unpaired) electrons. The maximum absolute atomic E-state index is 13.5. The van der Waals surface area contributed by atoms with Crippen LogP contribution in [0.3, 0.4) is 0 Å². The van der Waals surface area contributed by atoms with Crippen molar-refractivity contribution in [2.24, 2.45) is 5.92 Å². The zero-order valence-electron chi connectivity index (χ0n) is 17.5. The van der Waals surface area contributed by atoms with Crippen molar-refractivity contribution in [1.29, 1.82) is 0 Å². The molecule has 0 bridgehead atoms. The Morgan fingerprint density at radius 1 is 1.03 bits per heavy atom. The minimum Gasteiger partial charge on any atom is -0.497 e. The highest BCUT2D eigenvalue weighted by Crippen LogP contribution is 2.26. The van der Waals surface area contributed by atoms with Gasteiger partial charge in [-0.3, -0.25) is 14.5 Å². The van der Waals surface area contributed by atoms with Crippen LogP contribution in [0.2, 0.25) is 0 Å². The summed E-state index contributed by atoms with van der Waals surface area (Å²) in [6.45, 7) is 1.31. The number of aromatic nitrogens is 1. The van der Waals surface area contributed by atoms with E-state index in [0.717, 1.165) is 16.9 Å². The van der Waals surface area contributed by atoms with Crippen LogP contribution in [0.1, 0.15) is 17.5 Å². The van der Waals surface area contributed by atoms with Gasteiger partial charge >= 0.3 is 0 Å². The maximum Gasteiger partial charge on any atom is 0.233 e. The van der Waals surface area contributed by atoms with E-state index in [1.807, 2.05) is 72.8 Å². The molecule has 1 atom stereocenters. The van der Waals surface area contributed by atoms with Crippen molar-refractivity contribution in [3.05, 3.63) is 90.1 Å². The molecule has 6 heteroatoms. The molecule has 4 rings (SSSR count).